The summed E-state index contributed by atoms with van der Waals surface area (Å²) in [6, 6.07) is 14.0. The van der Waals surface area contributed by atoms with Gasteiger partial charge in [-0.25, -0.2) is 18.4 Å². The Hall–Kier alpha value is -2.18. The van der Waals surface area contributed by atoms with Crippen LogP contribution in [-0.4, -0.2) is 24.9 Å². The van der Waals surface area contributed by atoms with Crippen LogP contribution < -0.4 is 5.32 Å². The molecule has 0 aliphatic rings. The number of sulfone groups is 1. The lowest BCUT2D eigenvalue weighted by Crippen LogP contribution is -2.16. The van der Waals surface area contributed by atoms with Gasteiger partial charge in [0, 0.05) is 11.6 Å². The standard InChI is InChI=1S/C19H20ClN3O2S/c1-13(2)11-21-18-19(23-17-6-4-3-5-16(17)22-18)26(24,25)12-14-7-9-15(20)10-8-14/h3-10,13H,11-12H2,1-2H3,(H,21,22). The predicted octanol–water partition coefficient (Wildman–Crippen LogP) is 4.33. The summed E-state index contributed by atoms with van der Waals surface area (Å²) in [6.45, 7) is 4.70. The van der Waals surface area contributed by atoms with E-state index in [1.807, 2.05) is 32.0 Å². The lowest BCUT2D eigenvalue weighted by molar-refractivity contribution is 0.591. The molecule has 136 valence electrons. The first-order valence-electron chi connectivity index (χ1n) is 8.33. The molecular weight excluding hydrogens is 370 g/mol. The summed E-state index contributed by atoms with van der Waals surface area (Å²) in [7, 11) is -3.68. The van der Waals surface area contributed by atoms with Crippen LogP contribution in [0.4, 0.5) is 5.82 Å². The maximum atomic E-state index is 13.0. The molecule has 0 aliphatic heterocycles. The third-order valence-electron chi connectivity index (χ3n) is 3.78. The fraction of sp³-hybridized carbons (Fsp3) is 0.263. The van der Waals surface area contributed by atoms with Crippen molar-refractivity contribution >= 4 is 38.3 Å². The summed E-state index contributed by atoms with van der Waals surface area (Å²) < 4.78 is 26.0. The summed E-state index contributed by atoms with van der Waals surface area (Å²) in [5.41, 5.74) is 1.86. The number of nitrogens with one attached hydrogen (secondary N) is 1. The van der Waals surface area contributed by atoms with Crippen molar-refractivity contribution in [3.05, 3.63) is 59.1 Å². The van der Waals surface area contributed by atoms with Gasteiger partial charge in [-0.05, 0) is 35.7 Å². The first-order valence-corrected chi connectivity index (χ1v) is 10.4. The van der Waals surface area contributed by atoms with Crippen molar-refractivity contribution in [1.82, 2.24) is 9.97 Å². The molecule has 3 aromatic rings. The van der Waals surface area contributed by atoms with Crippen LogP contribution in [0.2, 0.25) is 5.02 Å². The zero-order valence-electron chi connectivity index (χ0n) is 14.6. The first kappa shape index (κ1) is 18.6. The van der Waals surface area contributed by atoms with Gasteiger partial charge in [0.15, 0.2) is 10.8 Å². The van der Waals surface area contributed by atoms with E-state index in [1.165, 1.54) is 0 Å². The molecule has 0 bridgehead atoms. The Bertz CT molecular complexity index is 1020. The number of halogens is 1. The molecule has 2 aromatic carbocycles. The van der Waals surface area contributed by atoms with E-state index in [0.717, 1.165) is 0 Å². The molecule has 1 aromatic heterocycles. The van der Waals surface area contributed by atoms with Crippen molar-refractivity contribution < 1.29 is 8.42 Å². The van der Waals surface area contributed by atoms with Crippen LogP contribution >= 0.6 is 11.6 Å². The minimum Gasteiger partial charge on any atom is -0.367 e. The largest absolute Gasteiger partial charge is 0.367 e. The number of hydrogen-bond acceptors (Lipinski definition) is 5. The second-order valence-electron chi connectivity index (χ2n) is 6.53. The summed E-state index contributed by atoms with van der Waals surface area (Å²) in [6.07, 6.45) is 0. The fourth-order valence-electron chi connectivity index (χ4n) is 2.49. The van der Waals surface area contributed by atoms with Crippen molar-refractivity contribution in [2.75, 3.05) is 11.9 Å². The van der Waals surface area contributed by atoms with Crippen LogP contribution in [0, 0.1) is 5.92 Å². The van der Waals surface area contributed by atoms with E-state index in [2.05, 4.69) is 15.3 Å². The van der Waals surface area contributed by atoms with Crippen LogP contribution in [0.5, 0.6) is 0 Å². The van der Waals surface area contributed by atoms with Gasteiger partial charge in [0.1, 0.15) is 0 Å². The van der Waals surface area contributed by atoms with E-state index >= 15 is 0 Å². The van der Waals surface area contributed by atoms with Crippen molar-refractivity contribution in [3.8, 4) is 0 Å². The maximum Gasteiger partial charge on any atom is 0.203 e. The molecule has 0 fully saturated rings. The molecule has 26 heavy (non-hydrogen) atoms. The molecule has 1 heterocycles. The highest BCUT2D eigenvalue weighted by molar-refractivity contribution is 7.90. The van der Waals surface area contributed by atoms with E-state index in [4.69, 9.17) is 11.6 Å². The number of nitrogens with zero attached hydrogens (tertiary/aromatic N) is 2. The van der Waals surface area contributed by atoms with Gasteiger partial charge in [-0.15, -0.1) is 0 Å². The number of hydrogen-bond donors (Lipinski definition) is 1. The van der Waals surface area contributed by atoms with Gasteiger partial charge >= 0.3 is 0 Å². The molecule has 7 heteroatoms. The van der Waals surface area contributed by atoms with E-state index in [9.17, 15) is 8.42 Å². The lowest BCUT2D eigenvalue weighted by atomic mass is 10.2. The van der Waals surface area contributed by atoms with Crippen molar-refractivity contribution in [1.29, 1.82) is 0 Å². The minimum atomic E-state index is -3.68. The van der Waals surface area contributed by atoms with Gasteiger partial charge in [0.25, 0.3) is 0 Å². The number of para-hydroxylation sites is 2. The molecule has 3 rings (SSSR count). The molecule has 0 spiro atoms. The Morgan fingerprint density at radius 3 is 2.23 bits per heavy atom. The van der Waals surface area contributed by atoms with Crippen LogP contribution in [0.3, 0.4) is 0 Å². The quantitative estimate of drug-likeness (QED) is 0.679. The van der Waals surface area contributed by atoms with Crippen molar-refractivity contribution in [3.63, 3.8) is 0 Å². The van der Waals surface area contributed by atoms with E-state index in [-0.39, 0.29) is 10.8 Å². The summed E-state index contributed by atoms with van der Waals surface area (Å²) in [4.78, 5) is 8.89. The Kier molecular flexibility index (Phi) is 5.44. The average molecular weight is 390 g/mol. The average Bonchev–Trinajstić information content (AvgIpc) is 2.61. The van der Waals surface area contributed by atoms with Gasteiger partial charge in [0.2, 0.25) is 9.84 Å². The molecule has 0 unspecified atom stereocenters. The van der Waals surface area contributed by atoms with Gasteiger partial charge in [-0.1, -0.05) is 49.7 Å². The van der Waals surface area contributed by atoms with Crippen LogP contribution in [0.15, 0.2) is 53.6 Å². The molecule has 0 atom stereocenters. The Morgan fingerprint density at radius 2 is 1.62 bits per heavy atom. The maximum absolute atomic E-state index is 13.0. The molecule has 1 N–H and O–H groups in total. The van der Waals surface area contributed by atoms with E-state index < -0.39 is 9.84 Å². The van der Waals surface area contributed by atoms with Gasteiger partial charge in [-0.3, -0.25) is 0 Å². The third-order valence-corrected chi connectivity index (χ3v) is 5.62. The van der Waals surface area contributed by atoms with Gasteiger partial charge in [0.05, 0.1) is 16.8 Å². The lowest BCUT2D eigenvalue weighted by Gasteiger charge is -2.13. The number of benzene rings is 2. The highest BCUT2D eigenvalue weighted by Crippen LogP contribution is 2.25. The summed E-state index contributed by atoms with van der Waals surface area (Å²) >= 11 is 5.88. The minimum absolute atomic E-state index is 0.0215. The van der Waals surface area contributed by atoms with Gasteiger partial charge in [-0.2, -0.15) is 0 Å². The summed E-state index contributed by atoms with van der Waals surface area (Å²) in [5.74, 6) is 0.481. The molecule has 0 amide bonds. The highest BCUT2D eigenvalue weighted by Gasteiger charge is 2.23. The zero-order chi connectivity index (χ0) is 18.7. The second kappa shape index (κ2) is 7.60. The normalized spacial score (nSPS) is 11.8. The predicted molar refractivity (Wildman–Crippen MR) is 105 cm³/mol. The van der Waals surface area contributed by atoms with Crippen LogP contribution in [0.25, 0.3) is 11.0 Å². The van der Waals surface area contributed by atoms with Crippen LogP contribution in [0.1, 0.15) is 19.4 Å². The Labute approximate surface area is 158 Å². The Balaban J connectivity index is 2.04. The van der Waals surface area contributed by atoms with Crippen molar-refractivity contribution in [2.45, 2.75) is 24.6 Å². The monoisotopic (exact) mass is 389 g/mol. The summed E-state index contributed by atoms with van der Waals surface area (Å²) in [5, 5.41) is 3.68. The Morgan fingerprint density at radius 1 is 1.00 bits per heavy atom. The van der Waals surface area contributed by atoms with E-state index in [1.54, 1.807) is 30.3 Å². The molecule has 0 aliphatic carbocycles. The third kappa shape index (κ3) is 4.31. The number of aromatic nitrogens is 2. The fourth-order valence-corrected chi connectivity index (χ4v) is 4.03. The molecular formula is C19H20ClN3O2S. The number of rotatable bonds is 6. The molecule has 0 saturated heterocycles. The smallest absolute Gasteiger partial charge is 0.203 e. The number of fused-ring (bicyclic) bond motifs is 1. The number of anilines is 1. The zero-order valence-corrected chi connectivity index (χ0v) is 16.2. The first-order chi connectivity index (χ1) is 12.3. The second-order valence-corrected chi connectivity index (χ2v) is 8.87. The van der Waals surface area contributed by atoms with Crippen molar-refractivity contribution in [2.24, 2.45) is 5.92 Å². The topological polar surface area (TPSA) is 72.0 Å². The van der Waals surface area contributed by atoms with Crippen LogP contribution in [-0.2, 0) is 15.6 Å². The molecule has 0 saturated carbocycles. The molecule has 0 radical (unpaired) electrons. The SMILES string of the molecule is CC(C)CNc1nc2ccccc2nc1S(=O)(=O)Cc1ccc(Cl)cc1. The molecule has 5 nitrogen and oxygen atoms in total. The highest BCUT2D eigenvalue weighted by atomic mass is 35.5. The van der Waals surface area contributed by atoms with E-state index in [0.29, 0.717) is 39.9 Å². The van der Waals surface area contributed by atoms with Gasteiger partial charge < -0.3 is 5.32 Å².